The first-order chi connectivity index (χ1) is 13.2. The molecule has 3 rings (SSSR count). The highest BCUT2D eigenvalue weighted by Gasteiger charge is 2.26. The molecule has 0 radical (unpaired) electrons. The van der Waals surface area contributed by atoms with Gasteiger partial charge >= 0.3 is 0 Å². The first kappa shape index (κ1) is 22.5. The number of rotatable bonds is 6. The van der Waals surface area contributed by atoms with Gasteiger partial charge in [-0.3, -0.25) is 4.99 Å². The molecule has 1 saturated heterocycles. The van der Waals surface area contributed by atoms with E-state index in [4.69, 9.17) is 9.47 Å². The predicted molar refractivity (Wildman–Crippen MR) is 125 cm³/mol. The summed E-state index contributed by atoms with van der Waals surface area (Å²) >= 11 is 0. The molecule has 2 aromatic carbocycles. The fourth-order valence-electron chi connectivity index (χ4n) is 3.62. The van der Waals surface area contributed by atoms with Crippen molar-refractivity contribution < 1.29 is 9.47 Å². The number of nitrogens with one attached hydrogen (secondary N) is 1. The number of aliphatic imine (C=N–C) groups is 1. The zero-order valence-electron chi connectivity index (χ0n) is 16.8. The summed E-state index contributed by atoms with van der Waals surface area (Å²) in [6.07, 6.45) is 1.13. The highest BCUT2D eigenvalue weighted by Crippen LogP contribution is 2.28. The van der Waals surface area contributed by atoms with Gasteiger partial charge in [-0.1, -0.05) is 42.5 Å². The second-order valence-corrected chi connectivity index (χ2v) is 6.77. The van der Waals surface area contributed by atoms with Crippen molar-refractivity contribution in [3.8, 4) is 5.75 Å². The van der Waals surface area contributed by atoms with Gasteiger partial charge in [0, 0.05) is 39.7 Å². The van der Waals surface area contributed by atoms with Crippen molar-refractivity contribution in [2.75, 3.05) is 40.9 Å². The summed E-state index contributed by atoms with van der Waals surface area (Å²) in [6.45, 7) is 2.66. The predicted octanol–water partition coefficient (Wildman–Crippen LogP) is 4.07. The molecule has 0 bridgehead atoms. The minimum Gasteiger partial charge on any atom is -0.497 e. The van der Waals surface area contributed by atoms with E-state index in [0.717, 1.165) is 31.2 Å². The van der Waals surface area contributed by atoms with Gasteiger partial charge in [-0.15, -0.1) is 24.0 Å². The van der Waals surface area contributed by atoms with Gasteiger partial charge in [0.1, 0.15) is 5.75 Å². The van der Waals surface area contributed by atoms with Crippen molar-refractivity contribution in [2.24, 2.45) is 4.99 Å². The van der Waals surface area contributed by atoms with Gasteiger partial charge < -0.3 is 19.7 Å². The fourth-order valence-corrected chi connectivity index (χ4v) is 3.62. The number of likely N-dealkylation sites (tertiary alicyclic amines) is 1. The van der Waals surface area contributed by atoms with Crippen LogP contribution in [-0.2, 0) is 4.74 Å². The number of halogens is 1. The second-order valence-electron chi connectivity index (χ2n) is 6.77. The van der Waals surface area contributed by atoms with Crippen LogP contribution >= 0.6 is 24.0 Å². The number of hydrogen-bond donors (Lipinski definition) is 1. The number of guanidine groups is 1. The van der Waals surface area contributed by atoms with Gasteiger partial charge in [-0.25, -0.2) is 0 Å². The molecule has 1 aliphatic heterocycles. The second kappa shape index (κ2) is 11.3. The molecule has 0 aromatic heterocycles. The molecule has 2 unspecified atom stereocenters. The van der Waals surface area contributed by atoms with E-state index in [1.54, 1.807) is 14.2 Å². The van der Waals surface area contributed by atoms with Gasteiger partial charge in [0.2, 0.25) is 0 Å². The Hall–Kier alpha value is -1.80. The quantitative estimate of drug-likeness (QED) is 0.373. The third kappa shape index (κ3) is 5.61. The Morgan fingerprint density at radius 1 is 1.14 bits per heavy atom. The van der Waals surface area contributed by atoms with Gasteiger partial charge in [0.05, 0.1) is 13.2 Å². The first-order valence-electron chi connectivity index (χ1n) is 9.42. The molecule has 2 atom stereocenters. The van der Waals surface area contributed by atoms with E-state index in [1.165, 1.54) is 11.1 Å². The Bertz CT molecular complexity index is 737. The van der Waals surface area contributed by atoms with Gasteiger partial charge in [-0.2, -0.15) is 0 Å². The third-order valence-electron chi connectivity index (χ3n) is 5.19. The lowest BCUT2D eigenvalue weighted by molar-refractivity contribution is 0.106. The first-order valence-corrected chi connectivity index (χ1v) is 9.42. The average molecular weight is 495 g/mol. The van der Waals surface area contributed by atoms with Crippen LogP contribution in [0.2, 0.25) is 0 Å². The number of nitrogens with zero attached hydrogens (tertiary/aromatic N) is 2. The van der Waals surface area contributed by atoms with E-state index < -0.39 is 0 Å². The molecule has 5 nitrogen and oxygen atoms in total. The highest BCUT2D eigenvalue weighted by molar-refractivity contribution is 14.0. The summed E-state index contributed by atoms with van der Waals surface area (Å²) in [6, 6.07) is 18.7. The zero-order chi connectivity index (χ0) is 19.1. The Morgan fingerprint density at radius 3 is 2.46 bits per heavy atom. The molecule has 0 aliphatic carbocycles. The molecule has 152 valence electrons. The topological polar surface area (TPSA) is 46.1 Å². The summed E-state index contributed by atoms with van der Waals surface area (Å²) in [5.74, 6) is 2.35. The number of hydrogen-bond acceptors (Lipinski definition) is 3. The van der Waals surface area contributed by atoms with E-state index in [-0.39, 0.29) is 30.1 Å². The van der Waals surface area contributed by atoms with Crippen molar-refractivity contribution in [1.29, 1.82) is 0 Å². The van der Waals surface area contributed by atoms with Crippen LogP contribution in [0, 0.1) is 0 Å². The summed E-state index contributed by atoms with van der Waals surface area (Å²) in [7, 11) is 5.29. The summed E-state index contributed by atoms with van der Waals surface area (Å²) in [5.41, 5.74) is 2.52. The molecule has 0 saturated carbocycles. The van der Waals surface area contributed by atoms with E-state index in [1.807, 2.05) is 37.4 Å². The van der Waals surface area contributed by atoms with Crippen molar-refractivity contribution in [1.82, 2.24) is 10.2 Å². The van der Waals surface area contributed by atoms with Crippen molar-refractivity contribution in [3.05, 3.63) is 65.7 Å². The van der Waals surface area contributed by atoms with E-state index >= 15 is 0 Å². The van der Waals surface area contributed by atoms with Crippen molar-refractivity contribution >= 4 is 29.9 Å². The van der Waals surface area contributed by atoms with Crippen LogP contribution in [0.25, 0.3) is 0 Å². The SMILES string of the molecule is CN=C(NCC(OC)c1ccccc1)N1CCC(c2ccc(OC)cc2)C1.I. The highest BCUT2D eigenvalue weighted by atomic mass is 127. The maximum atomic E-state index is 5.66. The summed E-state index contributed by atoms with van der Waals surface area (Å²) < 4.78 is 10.9. The molecule has 0 spiro atoms. The lowest BCUT2D eigenvalue weighted by Crippen LogP contribution is -2.41. The Morgan fingerprint density at radius 2 is 1.86 bits per heavy atom. The van der Waals surface area contributed by atoms with Gasteiger partial charge in [0.25, 0.3) is 0 Å². The summed E-state index contributed by atoms with van der Waals surface area (Å²) in [4.78, 5) is 6.81. The largest absolute Gasteiger partial charge is 0.497 e. The minimum atomic E-state index is 0. The number of benzene rings is 2. The number of ether oxygens (including phenoxy) is 2. The lowest BCUT2D eigenvalue weighted by Gasteiger charge is -2.24. The van der Waals surface area contributed by atoms with Crippen LogP contribution in [-0.4, -0.2) is 51.8 Å². The van der Waals surface area contributed by atoms with Crippen LogP contribution in [0.15, 0.2) is 59.6 Å². The molecule has 1 heterocycles. The standard InChI is InChI=1S/C22H29N3O2.HI/c1-23-22(24-15-21(27-3)18-7-5-4-6-8-18)25-14-13-19(16-25)17-9-11-20(26-2)12-10-17;/h4-12,19,21H,13-16H2,1-3H3,(H,23,24);1H. The summed E-state index contributed by atoms with van der Waals surface area (Å²) in [5, 5.41) is 3.48. The van der Waals surface area contributed by atoms with Crippen molar-refractivity contribution in [2.45, 2.75) is 18.4 Å². The third-order valence-corrected chi connectivity index (χ3v) is 5.19. The van der Waals surface area contributed by atoms with Crippen LogP contribution in [0.4, 0.5) is 0 Å². The zero-order valence-corrected chi connectivity index (χ0v) is 19.1. The van der Waals surface area contributed by atoms with Crippen LogP contribution < -0.4 is 10.1 Å². The molecule has 28 heavy (non-hydrogen) atoms. The Labute approximate surface area is 185 Å². The maximum absolute atomic E-state index is 5.66. The molecular formula is C22H30IN3O2. The van der Waals surface area contributed by atoms with E-state index in [0.29, 0.717) is 12.5 Å². The van der Waals surface area contributed by atoms with Crippen molar-refractivity contribution in [3.63, 3.8) is 0 Å². The lowest BCUT2D eigenvalue weighted by atomic mass is 9.98. The molecular weight excluding hydrogens is 465 g/mol. The Balaban J connectivity index is 0.00000280. The molecule has 0 amide bonds. The molecule has 1 aliphatic rings. The fraction of sp³-hybridized carbons (Fsp3) is 0.409. The van der Waals surface area contributed by atoms with Gasteiger partial charge in [-0.05, 0) is 29.7 Å². The van der Waals surface area contributed by atoms with Crippen LogP contribution in [0.3, 0.4) is 0 Å². The van der Waals surface area contributed by atoms with Crippen LogP contribution in [0.1, 0.15) is 29.6 Å². The van der Waals surface area contributed by atoms with Gasteiger partial charge in [0.15, 0.2) is 5.96 Å². The molecule has 6 heteroatoms. The smallest absolute Gasteiger partial charge is 0.193 e. The molecule has 1 N–H and O–H groups in total. The molecule has 2 aromatic rings. The Kier molecular flexibility index (Phi) is 9.05. The molecule has 1 fully saturated rings. The monoisotopic (exact) mass is 495 g/mol. The van der Waals surface area contributed by atoms with Crippen LogP contribution in [0.5, 0.6) is 5.75 Å². The maximum Gasteiger partial charge on any atom is 0.193 e. The van der Waals surface area contributed by atoms with E-state index in [2.05, 4.69) is 39.5 Å². The average Bonchev–Trinajstić information content (AvgIpc) is 3.22. The minimum absolute atomic E-state index is 0. The number of methoxy groups -OCH3 is 2. The normalized spacial score (nSPS) is 17.8. The van der Waals surface area contributed by atoms with E-state index in [9.17, 15) is 0 Å².